The van der Waals surface area contributed by atoms with Gasteiger partial charge in [0, 0.05) is 0 Å². The SMILES string of the molecule is CCOC(=O)CC(CC(=O)OCC)OCP(=O)(OCC)OCC. The zero-order valence-electron chi connectivity index (χ0n) is 14.2. The molecule has 0 aromatic heterocycles. The number of carbonyl (C=O) groups excluding carboxylic acids is 2. The fraction of sp³-hybridized carbons (Fsp3) is 0.857. The number of hydrogen-bond donors (Lipinski definition) is 0. The molecule has 23 heavy (non-hydrogen) atoms. The van der Waals surface area contributed by atoms with E-state index in [0.29, 0.717) is 0 Å². The van der Waals surface area contributed by atoms with Crippen LogP contribution >= 0.6 is 7.60 Å². The second-order valence-electron chi connectivity index (χ2n) is 4.38. The van der Waals surface area contributed by atoms with E-state index in [4.69, 9.17) is 23.3 Å². The molecular weight excluding hydrogens is 327 g/mol. The molecule has 0 rings (SSSR count). The third kappa shape index (κ3) is 10.4. The Kier molecular flexibility index (Phi) is 12.0. The Morgan fingerprint density at radius 1 is 0.826 bits per heavy atom. The van der Waals surface area contributed by atoms with Crippen LogP contribution < -0.4 is 0 Å². The summed E-state index contributed by atoms with van der Waals surface area (Å²) in [5, 5.41) is 0. The van der Waals surface area contributed by atoms with Gasteiger partial charge in [-0.15, -0.1) is 0 Å². The van der Waals surface area contributed by atoms with Gasteiger partial charge in [0.05, 0.1) is 45.4 Å². The van der Waals surface area contributed by atoms with Crippen LogP contribution in [0.3, 0.4) is 0 Å². The number of esters is 2. The Labute approximate surface area is 137 Å². The van der Waals surface area contributed by atoms with Crippen molar-refractivity contribution in [3.8, 4) is 0 Å². The molecule has 0 amide bonds. The molecule has 0 aliphatic heterocycles. The molecular formula is C14H27O8P. The fourth-order valence-electron chi connectivity index (χ4n) is 1.70. The van der Waals surface area contributed by atoms with E-state index in [1.54, 1.807) is 27.7 Å². The lowest BCUT2D eigenvalue weighted by atomic mass is 10.2. The molecule has 0 fully saturated rings. The molecule has 0 aromatic carbocycles. The van der Waals surface area contributed by atoms with Crippen molar-refractivity contribution in [1.29, 1.82) is 0 Å². The minimum Gasteiger partial charge on any atom is -0.466 e. The second-order valence-corrected chi connectivity index (χ2v) is 6.38. The normalized spacial score (nSPS) is 11.5. The van der Waals surface area contributed by atoms with E-state index in [9.17, 15) is 14.2 Å². The Balaban J connectivity index is 4.73. The van der Waals surface area contributed by atoms with Crippen LogP contribution in [0.5, 0.6) is 0 Å². The highest BCUT2D eigenvalue weighted by atomic mass is 31.2. The number of carbonyl (C=O) groups is 2. The zero-order chi connectivity index (χ0) is 17.7. The highest BCUT2D eigenvalue weighted by Crippen LogP contribution is 2.48. The minimum atomic E-state index is -3.42. The molecule has 8 nitrogen and oxygen atoms in total. The van der Waals surface area contributed by atoms with Crippen LogP contribution in [0.4, 0.5) is 0 Å². The molecule has 0 saturated heterocycles. The first-order valence-electron chi connectivity index (χ1n) is 7.71. The summed E-state index contributed by atoms with van der Waals surface area (Å²) in [6.07, 6.45) is -1.46. The maximum Gasteiger partial charge on any atom is 0.356 e. The summed E-state index contributed by atoms with van der Waals surface area (Å²) >= 11 is 0. The summed E-state index contributed by atoms with van der Waals surface area (Å²) in [6, 6.07) is 0. The molecule has 0 bridgehead atoms. The van der Waals surface area contributed by atoms with E-state index < -0.39 is 25.6 Å². The summed E-state index contributed by atoms with van der Waals surface area (Å²) in [4.78, 5) is 23.2. The van der Waals surface area contributed by atoms with Gasteiger partial charge in [0.25, 0.3) is 0 Å². The maximum atomic E-state index is 12.3. The van der Waals surface area contributed by atoms with Crippen LogP contribution in [0.15, 0.2) is 0 Å². The second kappa shape index (κ2) is 12.5. The first-order valence-corrected chi connectivity index (χ1v) is 9.44. The van der Waals surface area contributed by atoms with Crippen LogP contribution in [0.2, 0.25) is 0 Å². The molecule has 0 spiro atoms. The van der Waals surface area contributed by atoms with Crippen molar-refractivity contribution < 1.29 is 37.4 Å². The lowest BCUT2D eigenvalue weighted by Gasteiger charge is -2.21. The quantitative estimate of drug-likeness (QED) is 0.368. The first kappa shape index (κ1) is 22.1. The molecule has 0 N–H and O–H groups in total. The van der Waals surface area contributed by atoms with Gasteiger partial charge in [0.15, 0.2) is 0 Å². The number of ether oxygens (including phenoxy) is 3. The van der Waals surface area contributed by atoms with E-state index in [2.05, 4.69) is 0 Å². The van der Waals surface area contributed by atoms with Crippen LogP contribution in [-0.2, 0) is 37.4 Å². The monoisotopic (exact) mass is 354 g/mol. The van der Waals surface area contributed by atoms with E-state index >= 15 is 0 Å². The van der Waals surface area contributed by atoms with Crippen LogP contribution in [-0.4, -0.2) is 50.8 Å². The molecule has 0 heterocycles. The minimum absolute atomic E-state index is 0.148. The standard InChI is InChI=1S/C14H27O8P/c1-5-18-13(15)9-12(10-14(16)19-6-2)20-11-23(17,21-7-3)22-8-4/h12H,5-11H2,1-4H3. The number of hydrogen-bond acceptors (Lipinski definition) is 8. The van der Waals surface area contributed by atoms with Gasteiger partial charge in [-0.05, 0) is 27.7 Å². The first-order chi connectivity index (χ1) is 10.9. The molecule has 0 aromatic rings. The third-order valence-electron chi connectivity index (χ3n) is 2.52. The molecule has 0 radical (unpaired) electrons. The van der Waals surface area contributed by atoms with Gasteiger partial charge in [-0.1, -0.05) is 0 Å². The van der Waals surface area contributed by atoms with Crippen LogP contribution in [0.1, 0.15) is 40.5 Å². The van der Waals surface area contributed by atoms with Gasteiger partial charge in [-0.25, -0.2) is 0 Å². The smallest absolute Gasteiger partial charge is 0.356 e. The number of rotatable bonds is 13. The van der Waals surface area contributed by atoms with Crippen LogP contribution in [0, 0.1) is 0 Å². The highest BCUT2D eigenvalue weighted by Gasteiger charge is 2.28. The maximum absolute atomic E-state index is 12.3. The fourth-order valence-corrected chi connectivity index (χ4v) is 3.11. The van der Waals surface area contributed by atoms with Crippen molar-refractivity contribution in [1.82, 2.24) is 0 Å². The average molecular weight is 354 g/mol. The third-order valence-corrected chi connectivity index (χ3v) is 4.29. The Bertz CT molecular complexity index is 368. The van der Waals surface area contributed by atoms with Gasteiger partial charge in [-0.2, -0.15) is 0 Å². The van der Waals surface area contributed by atoms with Crippen LogP contribution in [0.25, 0.3) is 0 Å². The topological polar surface area (TPSA) is 97.4 Å². The van der Waals surface area contributed by atoms with Crippen molar-refractivity contribution in [2.45, 2.75) is 46.6 Å². The molecule has 0 aliphatic carbocycles. The van der Waals surface area contributed by atoms with Gasteiger partial charge in [-0.3, -0.25) is 14.2 Å². The molecule has 0 atom stereocenters. The van der Waals surface area contributed by atoms with Gasteiger partial charge in [0.1, 0.15) is 6.35 Å². The molecule has 136 valence electrons. The van der Waals surface area contributed by atoms with Crippen molar-refractivity contribution in [2.24, 2.45) is 0 Å². The highest BCUT2D eigenvalue weighted by molar-refractivity contribution is 7.53. The van der Waals surface area contributed by atoms with Crippen molar-refractivity contribution in [3.63, 3.8) is 0 Å². The Hall–Kier alpha value is -0.950. The van der Waals surface area contributed by atoms with E-state index in [1.807, 2.05) is 0 Å². The van der Waals surface area contributed by atoms with Gasteiger partial charge >= 0.3 is 19.5 Å². The summed E-state index contributed by atoms with van der Waals surface area (Å²) in [7, 11) is -3.42. The van der Waals surface area contributed by atoms with E-state index in [0.717, 1.165) is 0 Å². The van der Waals surface area contributed by atoms with Gasteiger partial charge in [0.2, 0.25) is 0 Å². The summed E-state index contributed by atoms with van der Waals surface area (Å²) < 4.78 is 37.6. The Morgan fingerprint density at radius 2 is 1.26 bits per heavy atom. The van der Waals surface area contributed by atoms with Crippen molar-refractivity contribution >= 4 is 19.5 Å². The largest absolute Gasteiger partial charge is 0.466 e. The predicted molar refractivity (Wildman–Crippen MR) is 83.1 cm³/mol. The van der Waals surface area contributed by atoms with E-state index in [-0.39, 0.29) is 45.6 Å². The van der Waals surface area contributed by atoms with Gasteiger partial charge < -0.3 is 23.3 Å². The average Bonchev–Trinajstić information content (AvgIpc) is 2.46. The van der Waals surface area contributed by atoms with Crippen molar-refractivity contribution in [3.05, 3.63) is 0 Å². The Morgan fingerprint density at radius 3 is 1.61 bits per heavy atom. The predicted octanol–water partition coefficient (Wildman–Crippen LogP) is 2.50. The van der Waals surface area contributed by atoms with E-state index in [1.165, 1.54) is 0 Å². The summed E-state index contributed by atoms with van der Waals surface area (Å²) in [6.45, 7) is 7.56. The molecule has 0 unspecified atom stereocenters. The molecule has 9 heteroatoms. The lowest BCUT2D eigenvalue weighted by Crippen LogP contribution is -2.24. The molecule has 0 aliphatic rings. The lowest BCUT2D eigenvalue weighted by molar-refractivity contribution is -0.150. The molecule has 0 saturated carbocycles. The summed E-state index contributed by atoms with van der Waals surface area (Å²) in [5.74, 6) is -1.02. The van der Waals surface area contributed by atoms with Crippen molar-refractivity contribution in [2.75, 3.05) is 32.8 Å². The zero-order valence-corrected chi connectivity index (χ0v) is 15.1. The summed E-state index contributed by atoms with van der Waals surface area (Å²) in [5.41, 5.74) is 0.